The van der Waals surface area contributed by atoms with Gasteiger partial charge >= 0.3 is 0 Å². The lowest BCUT2D eigenvalue weighted by molar-refractivity contribution is 0.669. The van der Waals surface area contributed by atoms with Gasteiger partial charge in [-0.3, -0.25) is 4.99 Å². The number of allylic oxidation sites excluding steroid dienone is 3. The Hall–Kier alpha value is -5.14. The predicted molar refractivity (Wildman–Crippen MR) is 163 cm³/mol. The molecule has 3 unspecified atom stereocenters. The highest BCUT2D eigenvalue weighted by Gasteiger charge is 2.39. The van der Waals surface area contributed by atoms with Crippen molar-refractivity contribution in [1.29, 1.82) is 5.26 Å². The molecule has 4 heteroatoms. The average molecular weight is 516 g/mol. The van der Waals surface area contributed by atoms with Crippen molar-refractivity contribution in [2.24, 2.45) is 4.99 Å². The minimum atomic E-state index is 0.0585. The van der Waals surface area contributed by atoms with Crippen LogP contribution in [0.1, 0.15) is 28.5 Å². The molecule has 3 aliphatic rings. The highest BCUT2D eigenvalue weighted by Crippen LogP contribution is 2.52. The number of rotatable bonds is 3. The Morgan fingerprint density at radius 1 is 0.800 bits per heavy atom. The van der Waals surface area contributed by atoms with Crippen molar-refractivity contribution in [2.45, 2.75) is 17.9 Å². The van der Waals surface area contributed by atoms with Gasteiger partial charge < -0.3 is 9.32 Å². The fraction of sp³-hybridized carbons (Fsp3) is 0.111. The maximum Gasteiger partial charge on any atom is 0.135 e. The number of nitriles is 1. The number of fused-ring (bicyclic) bond motifs is 6. The second-order valence-electron chi connectivity index (χ2n) is 10.6. The van der Waals surface area contributed by atoms with Crippen molar-refractivity contribution in [3.8, 4) is 17.2 Å². The Labute approximate surface area is 232 Å². The van der Waals surface area contributed by atoms with Crippen molar-refractivity contribution < 1.29 is 4.42 Å². The fourth-order valence-electron chi connectivity index (χ4n) is 6.64. The van der Waals surface area contributed by atoms with E-state index in [0.717, 1.165) is 50.0 Å². The van der Waals surface area contributed by atoms with Crippen LogP contribution in [0.2, 0.25) is 0 Å². The monoisotopic (exact) mass is 515 g/mol. The van der Waals surface area contributed by atoms with Gasteiger partial charge in [-0.1, -0.05) is 85.0 Å². The number of aliphatic imine (C=N–C) groups is 1. The second kappa shape index (κ2) is 8.97. The molecule has 0 saturated carbocycles. The summed E-state index contributed by atoms with van der Waals surface area (Å²) in [5.41, 5.74) is 8.95. The molecule has 1 aliphatic carbocycles. The quantitative estimate of drug-likeness (QED) is 0.242. The van der Waals surface area contributed by atoms with Gasteiger partial charge in [-0.25, -0.2) is 0 Å². The summed E-state index contributed by atoms with van der Waals surface area (Å²) in [6.45, 7) is 0.641. The molecule has 3 atom stereocenters. The lowest BCUT2D eigenvalue weighted by Gasteiger charge is -2.32. The van der Waals surface area contributed by atoms with E-state index in [0.29, 0.717) is 12.1 Å². The van der Waals surface area contributed by atoms with E-state index in [1.165, 1.54) is 5.56 Å². The topological polar surface area (TPSA) is 52.5 Å². The Kier molecular flexibility index (Phi) is 5.11. The van der Waals surface area contributed by atoms with Crippen LogP contribution < -0.4 is 4.90 Å². The smallest absolute Gasteiger partial charge is 0.135 e. The fourth-order valence-corrected chi connectivity index (χ4v) is 6.64. The van der Waals surface area contributed by atoms with E-state index in [2.05, 4.69) is 107 Å². The van der Waals surface area contributed by atoms with Crippen LogP contribution in [-0.2, 0) is 0 Å². The van der Waals surface area contributed by atoms with E-state index in [1.54, 1.807) is 0 Å². The molecule has 1 aromatic heterocycles. The first-order chi connectivity index (χ1) is 19.8. The largest absolute Gasteiger partial charge is 0.456 e. The highest BCUT2D eigenvalue weighted by atomic mass is 16.3. The molecular formula is C36H25N3O. The Morgan fingerprint density at radius 3 is 2.55 bits per heavy atom. The molecule has 190 valence electrons. The summed E-state index contributed by atoms with van der Waals surface area (Å²) >= 11 is 0. The van der Waals surface area contributed by atoms with Crippen LogP contribution in [0.4, 0.5) is 11.4 Å². The summed E-state index contributed by atoms with van der Waals surface area (Å²) in [4.78, 5) is 6.90. The Balaban J connectivity index is 1.41. The molecular weight excluding hydrogens is 490 g/mol. The zero-order valence-corrected chi connectivity index (χ0v) is 21.7. The number of benzene rings is 4. The van der Waals surface area contributed by atoms with Crippen LogP contribution in [0.5, 0.6) is 0 Å². The van der Waals surface area contributed by atoms with E-state index >= 15 is 0 Å². The highest BCUT2D eigenvalue weighted by molar-refractivity contribution is 6.07. The van der Waals surface area contributed by atoms with Crippen LogP contribution in [0, 0.1) is 11.3 Å². The maximum absolute atomic E-state index is 10.8. The standard InChI is InChI=1S/C36H25N3O/c37-21-31-25(24-8-7-19-38-22-24)16-17-26(23-15-18-35-30(20-23)29-11-3-6-14-34(29)40-35)36(31)39-32-12-4-1-9-27(32)28-10-2-5-13-33(28)39/h1-20,24,27,32H,22H2. The summed E-state index contributed by atoms with van der Waals surface area (Å²) < 4.78 is 6.13. The molecule has 4 aromatic carbocycles. The zero-order chi connectivity index (χ0) is 26.6. The van der Waals surface area contributed by atoms with E-state index in [4.69, 9.17) is 4.42 Å². The van der Waals surface area contributed by atoms with Gasteiger partial charge in [0.25, 0.3) is 0 Å². The first kappa shape index (κ1) is 22.8. The van der Waals surface area contributed by atoms with Gasteiger partial charge in [-0.2, -0.15) is 5.26 Å². The summed E-state index contributed by atoms with van der Waals surface area (Å²) in [5.74, 6) is 0.284. The number of dihydropyridines is 1. The molecule has 0 spiro atoms. The zero-order valence-electron chi connectivity index (χ0n) is 21.7. The Morgan fingerprint density at radius 2 is 1.65 bits per heavy atom. The van der Waals surface area contributed by atoms with Crippen LogP contribution >= 0.6 is 0 Å². The van der Waals surface area contributed by atoms with Crippen LogP contribution in [0.15, 0.2) is 125 Å². The number of anilines is 2. The average Bonchev–Trinajstić information content (AvgIpc) is 3.56. The normalized spacial score (nSPS) is 20.7. The summed E-state index contributed by atoms with van der Waals surface area (Å²) in [6, 6.07) is 30.2. The molecule has 0 fully saturated rings. The molecule has 2 aliphatic heterocycles. The molecule has 5 aromatic rings. The van der Waals surface area contributed by atoms with E-state index < -0.39 is 0 Å². The predicted octanol–water partition coefficient (Wildman–Crippen LogP) is 8.58. The molecule has 0 bridgehead atoms. The molecule has 0 saturated heterocycles. The number of hydrogen-bond donors (Lipinski definition) is 0. The van der Waals surface area contributed by atoms with Gasteiger partial charge in [0.05, 0.1) is 17.3 Å². The first-order valence-electron chi connectivity index (χ1n) is 13.7. The molecule has 0 N–H and O–H groups in total. The SMILES string of the molecule is N#Cc1c(C2C=CC=NC2)ccc(-c2ccc3oc4ccccc4c3c2)c1N1c2ccccc2C2C=CC=CC21. The van der Waals surface area contributed by atoms with Gasteiger partial charge in [-0.15, -0.1) is 0 Å². The van der Waals surface area contributed by atoms with Crippen molar-refractivity contribution in [2.75, 3.05) is 11.4 Å². The van der Waals surface area contributed by atoms with Crippen molar-refractivity contribution in [1.82, 2.24) is 0 Å². The summed E-state index contributed by atoms with van der Waals surface area (Å²) in [7, 11) is 0. The lowest BCUT2D eigenvalue weighted by Crippen LogP contribution is -2.30. The van der Waals surface area contributed by atoms with Crippen LogP contribution in [-0.4, -0.2) is 18.8 Å². The minimum Gasteiger partial charge on any atom is -0.456 e. The number of nitrogens with zero attached hydrogens (tertiary/aromatic N) is 3. The van der Waals surface area contributed by atoms with Gasteiger partial charge in [0, 0.05) is 46.6 Å². The third-order valence-corrected chi connectivity index (χ3v) is 8.45. The van der Waals surface area contributed by atoms with Gasteiger partial charge in [0.15, 0.2) is 0 Å². The minimum absolute atomic E-state index is 0.0585. The first-order valence-corrected chi connectivity index (χ1v) is 13.7. The van der Waals surface area contributed by atoms with E-state index in [1.807, 2.05) is 30.5 Å². The van der Waals surface area contributed by atoms with E-state index in [9.17, 15) is 5.26 Å². The summed E-state index contributed by atoms with van der Waals surface area (Å²) in [6.07, 6.45) is 14.8. The van der Waals surface area contributed by atoms with Crippen molar-refractivity contribution in [3.63, 3.8) is 0 Å². The molecule has 40 heavy (non-hydrogen) atoms. The third kappa shape index (κ3) is 3.34. The van der Waals surface area contributed by atoms with Crippen LogP contribution in [0.3, 0.4) is 0 Å². The van der Waals surface area contributed by atoms with Gasteiger partial charge in [0.2, 0.25) is 0 Å². The molecule has 0 amide bonds. The number of hydrogen-bond acceptors (Lipinski definition) is 4. The lowest BCUT2D eigenvalue weighted by atomic mass is 9.87. The maximum atomic E-state index is 10.8. The third-order valence-electron chi connectivity index (χ3n) is 8.45. The molecule has 4 nitrogen and oxygen atoms in total. The van der Waals surface area contributed by atoms with Crippen LogP contribution in [0.25, 0.3) is 33.1 Å². The van der Waals surface area contributed by atoms with Crippen molar-refractivity contribution >= 4 is 39.5 Å². The number of furan rings is 1. The van der Waals surface area contributed by atoms with Gasteiger partial charge in [0.1, 0.15) is 17.2 Å². The van der Waals surface area contributed by atoms with Gasteiger partial charge in [-0.05, 0) is 47.0 Å². The van der Waals surface area contributed by atoms with E-state index in [-0.39, 0.29) is 17.9 Å². The molecule has 3 heterocycles. The van der Waals surface area contributed by atoms with Crippen molar-refractivity contribution in [3.05, 3.63) is 132 Å². The Bertz CT molecular complexity index is 1980. The second-order valence-corrected chi connectivity index (χ2v) is 10.6. The number of para-hydroxylation sites is 2. The summed E-state index contributed by atoms with van der Waals surface area (Å²) in [5, 5.41) is 13.0. The molecule has 0 radical (unpaired) electrons. The molecule has 8 rings (SSSR count).